The van der Waals surface area contributed by atoms with Crippen LogP contribution >= 0.6 is 34.2 Å². The zero-order valence-electron chi connectivity index (χ0n) is 11.2. The number of fused-ring (bicyclic) bond motifs is 1. The summed E-state index contributed by atoms with van der Waals surface area (Å²) in [6, 6.07) is 3.45. The Hall–Kier alpha value is -0.360. The smallest absolute Gasteiger partial charge is 0.138 e. The van der Waals surface area contributed by atoms with Crippen LogP contribution in [0.3, 0.4) is 0 Å². The third kappa shape index (κ3) is 2.82. The minimum Gasteiger partial charge on any atom is -0.328 e. The van der Waals surface area contributed by atoms with Crippen LogP contribution in [0.2, 0.25) is 0 Å². The average molecular weight is 407 g/mol. The van der Waals surface area contributed by atoms with Gasteiger partial charge in [-0.05, 0) is 47.4 Å². The van der Waals surface area contributed by atoms with Crippen LogP contribution in [0.25, 0.3) is 11.0 Å². The zero-order chi connectivity index (χ0) is 14.1. The highest BCUT2D eigenvalue weighted by Crippen LogP contribution is 2.29. The van der Waals surface area contributed by atoms with E-state index in [1.54, 1.807) is 6.07 Å². The van der Waals surface area contributed by atoms with Crippen LogP contribution in [0.15, 0.2) is 12.1 Å². The van der Waals surface area contributed by atoms with Crippen LogP contribution < -0.4 is 0 Å². The number of rotatable bonds is 4. The Kier molecular flexibility index (Phi) is 4.50. The molecule has 0 atom stereocenters. The first-order valence-corrected chi connectivity index (χ1v) is 8.70. The summed E-state index contributed by atoms with van der Waals surface area (Å²) in [5, 5.41) is 0. The van der Waals surface area contributed by atoms with Crippen molar-refractivity contribution in [3.8, 4) is 0 Å². The number of imidazole rings is 1. The first kappa shape index (κ1) is 14.6. The summed E-state index contributed by atoms with van der Waals surface area (Å²) in [6.45, 7) is 0.947. The van der Waals surface area contributed by atoms with Crippen molar-refractivity contribution in [2.24, 2.45) is 5.92 Å². The maximum atomic E-state index is 13.9. The van der Waals surface area contributed by atoms with E-state index in [-0.39, 0.29) is 5.82 Å². The number of aromatic nitrogens is 2. The van der Waals surface area contributed by atoms with Crippen molar-refractivity contribution < 1.29 is 4.39 Å². The quantitative estimate of drug-likeness (QED) is 0.529. The van der Waals surface area contributed by atoms with Gasteiger partial charge in [0.05, 0.1) is 14.6 Å². The highest BCUT2D eigenvalue weighted by molar-refractivity contribution is 14.1. The number of halogens is 3. The maximum Gasteiger partial charge on any atom is 0.138 e. The average Bonchev–Trinajstić information content (AvgIpc) is 3.02. The molecule has 0 unspecified atom stereocenters. The van der Waals surface area contributed by atoms with Crippen molar-refractivity contribution >= 4 is 45.2 Å². The molecular formula is C15H17ClFIN2. The molecule has 0 amide bonds. The second-order valence-corrected chi connectivity index (χ2v) is 7.02. The largest absolute Gasteiger partial charge is 0.328 e. The van der Waals surface area contributed by atoms with E-state index in [9.17, 15) is 4.39 Å². The summed E-state index contributed by atoms with van der Waals surface area (Å²) in [6.07, 6.45) is 5.91. The summed E-state index contributed by atoms with van der Waals surface area (Å²) >= 11 is 7.90. The number of nitrogens with zero attached hydrogens (tertiary/aromatic N) is 2. The molecule has 0 saturated heterocycles. The molecule has 108 valence electrons. The monoisotopic (exact) mass is 406 g/mol. The van der Waals surface area contributed by atoms with Gasteiger partial charge in [0.2, 0.25) is 0 Å². The molecule has 20 heavy (non-hydrogen) atoms. The lowest BCUT2D eigenvalue weighted by Gasteiger charge is -2.14. The van der Waals surface area contributed by atoms with Gasteiger partial charge in [0, 0.05) is 24.9 Å². The van der Waals surface area contributed by atoms with Crippen LogP contribution in [0, 0.1) is 15.3 Å². The van der Waals surface area contributed by atoms with Crippen molar-refractivity contribution in [1.82, 2.24) is 9.55 Å². The van der Waals surface area contributed by atoms with E-state index in [1.165, 1.54) is 25.7 Å². The van der Waals surface area contributed by atoms with Crippen LogP contribution in [-0.4, -0.2) is 15.4 Å². The molecule has 1 aliphatic carbocycles. The van der Waals surface area contributed by atoms with E-state index in [0.717, 1.165) is 29.8 Å². The predicted octanol–water partition coefficient (Wildman–Crippen LogP) is 4.75. The van der Waals surface area contributed by atoms with E-state index < -0.39 is 0 Å². The second-order valence-electron chi connectivity index (χ2n) is 5.48. The topological polar surface area (TPSA) is 17.8 Å². The molecule has 0 radical (unpaired) electrons. The molecule has 3 rings (SSSR count). The van der Waals surface area contributed by atoms with Gasteiger partial charge in [0.1, 0.15) is 11.6 Å². The summed E-state index contributed by atoms with van der Waals surface area (Å²) in [4.78, 5) is 4.65. The molecule has 2 nitrogen and oxygen atoms in total. The Morgan fingerprint density at radius 2 is 2.10 bits per heavy atom. The molecule has 5 heteroatoms. The molecule has 1 saturated carbocycles. The fraction of sp³-hybridized carbons (Fsp3) is 0.533. The zero-order valence-corrected chi connectivity index (χ0v) is 14.1. The number of hydrogen-bond acceptors (Lipinski definition) is 1. The molecule has 1 aliphatic rings. The lowest BCUT2D eigenvalue weighted by atomic mass is 10.1. The van der Waals surface area contributed by atoms with Crippen molar-refractivity contribution in [3.63, 3.8) is 0 Å². The van der Waals surface area contributed by atoms with Crippen LogP contribution in [0.4, 0.5) is 4.39 Å². The Balaban J connectivity index is 2.04. The number of alkyl halides is 1. The molecule has 2 aromatic rings. The molecule has 0 bridgehead atoms. The normalized spacial score (nSPS) is 16.4. The molecule has 0 spiro atoms. The molecule has 1 aromatic carbocycles. The molecule has 0 N–H and O–H groups in total. The Bertz CT molecular complexity index is 620. The van der Waals surface area contributed by atoms with E-state index >= 15 is 0 Å². The van der Waals surface area contributed by atoms with Gasteiger partial charge < -0.3 is 4.57 Å². The minimum atomic E-state index is -0.164. The number of hydrogen-bond donors (Lipinski definition) is 0. The maximum absolute atomic E-state index is 13.9. The summed E-state index contributed by atoms with van der Waals surface area (Å²) in [5.74, 6) is 2.07. The Morgan fingerprint density at radius 3 is 2.80 bits per heavy atom. The highest BCUT2D eigenvalue weighted by Gasteiger charge is 2.19. The summed E-state index contributed by atoms with van der Waals surface area (Å²) in [7, 11) is 0. The van der Waals surface area contributed by atoms with Crippen LogP contribution in [-0.2, 0) is 13.0 Å². The number of benzene rings is 1. The van der Waals surface area contributed by atoms with Crippen molar-refractivity contribution in [2.75, 3.05) is 5.88 Å². The van der Waals surface area contributed by atoms with Gasteiger partial charge in [-0.15, -0.1) is 11.6 Å². The third-order valence-corrected chi connectivity index (χ3v) is 5.12. The van der Waals surface area contributed by atoms with Gasteiger partial charge in [0.25, 0.3) is 0 Å². The van der Waals surface area contributed by atoms with Gasteiger partial charge in [0.15, 0.2) is 0 Å². The summed E-state index contributed by atoms with van der Waals surface area (Å²) in [5.41, 5.74) is 1.80. The van der Waals surface area contributed by atoms with E-state index in [2.05, 4.69) is 9.55 Å². The van der Waals surface area contributed by atoms with Crippen molar-refractivity contribution in [2.45, 2.75) is 38.6 Å². The first-order valence-electron chi connectivity index (χ1n) is 7.09. The van der Waals surface area contributed by atoms with Crippen LogP contribution in [0.1, 0.15) is 31.5 Å². The van der Waals surface area contributed by atoms with Crippen molar-refractivity contribution in [1.29, 1.82) is 0 Å². The molecule has 1 aromatic heterocycles. The first-order chi connectivity index (χ1) is 9.69. The highest BCUT2D eigenvalue weighted by atomic mass is 127. The van der Waals surface area contributed by atoms with E-state index in [0.29, 0.717) is 15.4 Å². The molecule has 0 aliphatic heterocycles. The fourth-order valence-corrected chi connectivity index (χ4v) is 3.72. The van der Waals surface area contributed by atoms with Crippen molar-refractivity contribution in [3.05, 3.63) is 27.3 Å². The van der Waals surface area contributed by atoms with Gasteiger partial charge in [-0.1, -0.05) is 12.8 Å². The SMILES string of the molecule is Fc1cc2c(cc1I)nc(CCCl)n2CC1CCCC1. The Labute approximate surface area is 136 Å². The van der Waals surface area contributed by atoms with E-state index in [1.807, 2.05) is 28.7 Å². The lowest BCUT2D eigenvalue weighted by molar-refractivity contribution is 0.455. The standard InChI is InChI=1S/C15H17ClFIN2/c16-6-5-15-19-13-8-12(18)11(17)7-14(13)20(15)9-10-3-1-2-4-10/h7-8,10H,1-6,9H2. The Morgan fingerprint density at radius 1 is 1.35 bits per heavy atom. The van der Waals surface area contributed by atoms with Crippen LogP contribution in [0.5, 0.6) is 0 Å². The minimum absolute atomic E-state index is 0.164. The number of aryl methyl sites for hydroxylation is 1. The molecular weight excluding hydrogens is 390 g/mol. The lowest BCUT2D eigenvalue weighted by Crippen LogP contribution is -2.11. The predicted molar refractivity (Wildman–Crippen MR) is 88.8 cm³/mol. The fourth-order valence-electron chi connectivity index (χ4n) is 3.10. The molecule has 1 fully saturated rings. The van der Waals surface area contributed by atoms with Gasteiger partial charge in [-0.3, -0.25) is 0 Å². The van der Waals surface area contributed by atoms with Gasteiger partial charge in [-0.2, -0.15) is 0 Å². The van der Waals surface area contributed by atoms with Gasteiger partial charge in [-0.25, -0.2) is 9.37 Å². The van der Waals surface area contributed by atoms with Gasteiger partial charge >= 0.3 is 0 Å². The summed E-state index contributed by atoms with van der Waals surface area (Å²) < 4.78 is 16.7. The third-order valence-electron chi connectivity index (χ3n) is 4.10. The second kappa shape index (κ2) is 6.18. The van der Waals surface area contributed by atoms with E-state index in [4.69, 9.17) is 11.6 Å². The molecule has 1 heterocycles.